The van der Waals surface area contributed by atoms with Crippen molar-refractivity contribution in [3.8, 4) is 11.1 Å². The first kappa shape index (κ1) is 21.8. The highest BCUT2D eigenvalue weighted by atomic mass is 16.1. The van der Waals surface area contributed by atoms with Crippen LogP contribution in [0.3, 0.4) is 0 Å². The Morgan fingerprint density at radius 1 is 1.16 bits per heavy atom. The minimum atomic E-state index is -0.119. The van der Waals surface area contributed by atoms with E-state index in [2.05, 4.69) is 36.4 Å². The third kappa shape index (κ3) is 5.08. The van der Waals surface area contributed by atoms with E-state index in [-0.39, 0.29) is 5.56 Å². The third-order valence-electron chi connectivity index (χ3n) is 5.73. The standard InChI is InChI=1S/C24H29N7O/c1-4-19(15-31-23(32)6-5-18(3)29-31)11-17(2)24-26-12-20(13-27-24)21-14-28-30(16-21)22-7-9-25-10-8-22/h4-6,11-14,16,22,25H,7-10,15H2,1-3H3/b17-11+,19-4+. The first-order valence-corrected chi connectivity index (χ1v) is 11.0. The van der Waals surface area contributed by atoms with Gasteiger partial charge in [-0.05, 0) is 63.9 Å². The van der Waals surface area contributed by atoms with Gasteiger partial charge in [-0.1, -0.05) is 12.2 Å². The maximum Gasteiger partial charge on any atom is 0.267 e. The fourth-order valence-electron chi connectivity index (χ4n) is 3.84. The molecule has 0 bridgehead atoms. The van der Waals surface area contributed by atoms with E-state index in [1.54, 1.807) is 12.1 Å². The summed E-state index contributed by atoms with van der Waals surface area (Å²) in [5.41, 5.74) is 4.56. The monoisotopic (exact) mass is 431 g/mol. The van der Waals surface area contributed by atoms with Gasteiger partial charge in [-0.3, -0.25) is 9.48 Å². The van der Waals surface area contributed by atoms with Crippen molar-refractivity contribution >= 4 is 5.57 Å². The minimum absolute atomic E-state index is 0.119. The van der Waals surface area contributed by atoms with Crippen LogP contribution in [0.5, 0.6) is 0 Å². The van der Waals surface area contributed by atoms with Crippen molar-refractivity contribution in [3.63, 3.8) is 0 Å². The molecule has 1 saturated heterocycles. The van der Waals surface area contributed by atoms with Gasteiger partial charge in [0, 0.05) is 35.8 Å². The number of allylic oxidation sites excluding steroid dienone is 4. The summed E-state index contributed by atoms with van der Waals surface area (Å²) in [5, 5.41) is 12.3. The van der Waals surface area contributed by atoms with Crippen LogP contribution >= 0.6 is 0 Å². The van der Waals surface area contributed by atoms with Gasteiger partial charge in [-0.15, -0.1) is 0 Å². The molecule has 1 aliphatic rings. The number of piperidine rings is 1. The Labute approximate surface area is 187 Å². The molecule has 0 unspecified atom stereocenters. The number of hydrogen-bond acceptors (Lipinski definition) is 6. The second-order valence-corrected chi connectivity index (χ2v) is 8.15. The van der Waals surface area contributed by atoms with Crippen molar-refractivity contribution in [1.82, 2.24) is 34.8 Å². The number of aryl methyl sites for hydroxylation is 1. The van der Waals surface area contributed by atoms with Gasteiger partial charge < -0.3 is 5.32 Å². The first-order valence-electron chi connectivity index (χ1n) is 11.0. The maximum absolute atomic E-state index is 12.1. The minimum Gasteiger partial charge on any atom is -0.317 e. The van der Waals surface area contributed by atoms with E-state index in [0.29, 0.717) is 18.4 Å². The Morgan fingerprint density at radius 3 is 2.62 bits per heavy atom. The summed E-state index contributed by atoms with van der Waals surface area (Å²) in [6.45, 7) is 8.27. The van der Waals surface area contributed by atoms with Gasteiger partial charge >= 0.3 is 0 Å². The number of rotatable bonds is 6. The zero-order valence-corrected chi connectivity index (χ0v) is 18.8. The summed E-state index contributed by atoms with van der Waals surface area (Å²) < 4.78 is 3.53. The van der Waals surface area contributed by atoms with Crippen LogP contribution in [0.25, 0.3) is 16.7 Å². The molecule has 1 N–H and O–H groups in total. The summed E-state index contributed by atoms with van der Waals surface area (Å²) >= 11 is 0. The van der Waals surface area contributed by atoms with Crippen LogP contribution in [0.15, 0.2) is 59.4 Å². The molecule has 0 saturated carbocycles. The van der Waals surface area contributed by atoms with Crippen LogP contribution in [0.1, 0.15) is 44.2 Å². The predicted octanol–water partition coefficient (Wildman–Crippen LogP) is 3.18. The summed E-state index contributed by atoms with van der Waals surface area (Å²) in [5.74, 6) is 0.656. The van der Waals surface area contributed by atoms with Crippen molar-refractivity contribution < 1.29 is 0 Å². The van der Waals surface area contributed by atoms with Gasteiger partial charge in [0.15, 0.2) is 5.82 Å². The normalized spacial score (nSPS) is 15.8. The molecule has 4 heterocycles. The predicted molar refractivity (Wildman–Crippen MR) is 125 cm³/mol. The summed E-state index contributed by atoms with van der Waals surface area (Å²) in [6.07, 6.45) is 13.8. The first-order chi connectivity index (χ1) is 15.5. The molecule has 1 aliphatic heterocycles. The Morgan fingerprint density at radius 2 is 1.91 bits per heavy atom. The summed E-state index contributed by atoms with van der Waals surface area (Å²) in [6, 6.07) is 3.72. The second-order valence-electron chi connectivity index (χ2n) is 8.15. The molecule has 3 aromatic heterocycles. The van der Waals surface area contributed by atoms with E-state index in [1.165, 1.54) is 4.68 Å². The van der Waals surface area contributed by atoms with E-state index in [9.17, 15) is 4.79 Å². The van der Waals surface area contributed by atoms with E-state index in [0.717, 1.165) is 53.9 Å². The molecule has 32 heavy (non-hydrogen) atoms. The quantitative estimate of drug-likeness (QED) is 0.603. The molecule has 4 rings (SSSR count). The Balaban J connectivity index is 1.48. The summed E-state index contributed by atoms with van der Waals surface area (Å²) in [4.78, 5) is 21.2. The van der Waals surface area contributed by atoms with Gasteiger partial charge in [0.05, 0.1) is 24.5 Å². The molecule has 8 heteroatoms. The molecule has 0 radical (unpaired) electrons. The van der Waals surface area contributed by atoms with Crippen molar-refractivity contribution in [2.75, 3.05) is 13.1 Å². The maximum atomic E-state index is 12.1. The Hall–Kier alpha value is -3.39. The SMILES string of the molecule is C/C=C(\C=C(/C)c1ncc(-c2cnn(C3CCNCC3)c2)cn1)Cn1nc(C)ccc1=O. The van der Waals surface area contributed by atoms with Crippen molar-refractivity contribution in [1.29, 1.82) is 0 Å². The molecular formula is C24H29N7O. The van der Waals surface area contributed by atoms with Crippen molar-refractivity contribution in [2.45, 2.75) is 46.2 Å². The molecule has 0 amide bonds. The Bertz CT molecular complexity index is 1180. The summed E-state index contributed by atoms with van der Waals surface area (Å²) in [7, 11) is 0. The van der Waals surface area contributed by atoms with Gasteiger partial charge in [0.25, 0.3) is 5.56 Å². The van der Waals surface area contributed by atoms with Crippen molar-refractivity contribution in [3.05, 3.63) is 76.5 Å². The molecule has 1 fully saturated rings. The van der Waals surface area contributed by atoms with Crippen LogP contribution < -0.4 is 10.9 Å². The number of hydrogen-bond donors (Lipinski definition) is 1. The highest BCUT2D eigenvalue weighted by Gasteiger charge is 2.16. The molecule has 166 valence electrons. The third-order valence-corrected chi connectivity index (χ3v) is 5.73. The van der Waals surface area contributed by atoms with E-state index >= 15 is 0 Å². The number of nitrogens with zero attached hydrogens (tertiary/aromatic N) is 6. The van der Waals surface area contributed by atoms with Crippen LogP contribution in [0, 0.1) is 6.92 Å². The Kier molecular flexibility index (Phi) is 6.70. The lowest BCUT2D eigenvalue weighted by atomic mass is 10.1. The van der Waals surface area contributed by atoms with Crippen LogP contribution in [-0.4, -0.2) is 42.6 Å². The topological polar surface area (TPSA) is 90.5 Å². The molecule has 0 spiro atoms. The van der Waals surface area contributed by atoms with Crippen LogP contribution in [0.4, 0.5) is 0 Å². The smallest absolute Gasteiger partial charge is 0.267 e. The molecule has 8 nitrogen and oxygen atoms in total. The van der Waals surface area contributed by atoms with Gasteiger partial charge in [-0.2, -0.15) is 10.2 Å². The van der Waals surface area contributed by atoms with E-state index in [1.807, 2.05) is 51.5 Å². The van der Waals surface area contributed by atoms with Crippen LogP contribution in [-0.2, 0) is 6.54 Å². The lowest BCUT2D eigenvalue weighted by Crippen LogP contribution is -2.29. The van der Waals surface area contributed by atoms with Gasteiger partial charge in [0.1, 0.15) is 0 Å². The largest absolute Gasteiger partial charge is 0.317 e. The highest BCUT2D eigenvalue weighted by molar-refractivity contribution is 5.64. The fraction of sp³-hybridized carbons (Fsp3) is 0.375. The lowest BCUT2D eigenvalue weighted by molar-refractivity contribution is 0.343. The number of aromatic nitrogens is 6. The average molecular weight is 432 g/mol. The van der Waals surface area contributed by atoms with E-state index < -0.39 is 0 Å². The number of nitrogens with one attached hydrogen (secondary N) is 1. The molecule has 0 aromatic carbocycles. The lowest BCUT2D eigenvalue weighted by Gasteiger charge is -2.22. The van der Waals surface area contributed by atoms with Crippen LogP contribution in [0.2, 0.25) is 0 Å². The van der Waals surface area contributed by atoms with Gasteiger partial charge in [-0.25, -0.2) is 14.6 Å². The van der Waals surface area contributed by atoms with E-state index in [4.69, 9.17) is 0 Å². The van der Waals surface area contributed by atoms with Gasteiger partial charge in [0.2, 0.25) is 0 Å². The zero-order chi connectivity index (χ0) is 22.5. The fourth-order valence-corrected chi connectivity index (χ4v) is 3.84. The average Bonchev–Trinajstić information content (AvgIpc) is 3.32. The molecule has 3 aromatic rings. The van der Waals surface area contributed by atoms with Crippen molar-refractivity contribution in [2.24, 2.45) is 0 Å². The highest BCUT2D eigenvalue weighted by Crippen LogP contribution is 2.23. The molecule has 0 aliphatic carbocycles. The second kappa shape index (κ2) is 9.82. The molecular weight excluding hydrogens is 402 g/mol. The zero-order valence-electron chi connectivity index (χ0n) is 18.8. The molecule has 0 atom stereocenters.